The predicted molar refractivity (Wildman–Crippen MR) is 90.8 cm³/mol. The van der Waals surface area contributed by atoms with Gasteiger partial charge in [-0.15, -0.1) is 0 Å². The van der Waals surface area contributed by atoms with Crippen molar-refractivity contribution < 1.29 is 4.74 Å². The second-order valence-corrected chi connectivity index (χ2v) is 7.47. The molecular formula is C18H24N4O. The molecule has 4 rings (SSSR count). The average Bonchev–Trinajstić information content (AvgIpc) is 2.93. The van der Waals surface area contributed by atoms with Crippen LogP contribution in [0.4, 0.5) is 5.82 Å². The third kappa shape index (κ3) is 2.22. The summed E-state index contributed by atoms with van der Waals surface area (Å²) in [6.07, 6.45) is 1.56. The van der Waals surface area contributed by atoms with Crippen LogP contribution < -0.4 is 5.73 Å². The molecule has 122 valence electrons. The van der Waals surface area contributed by atoms with Crippen molar-refractivity contribution in [1.29, 1.82) is 0 Å². The monoisotopic (exact) mass is 312 g/mol. The van der Waals surface area contributed by atoms with Crippen LogP contribution in [0.2, 0.25) is 0 Å². The van der Waals surface area contributed by atoms with E-state index in [4.69, 9.17) is 10.5 Å². The van der Waals surface area contributed by atoms with Crippen LogP contribution in [0.1, 0.15) is 26.1 Å². The van der Waals surface area contributed by atoms with Gasteiger partial charge in [-0.05, 0) is 25.6 Å². The van der Waals surface area contributed by atoms with Gasteiger partial charge in [0.1, 0.15) is 11.6 Å². The van der Waals surface area contributed by atoms with Crippen molar-refractivity contribution in [3.8, 4) is 0 Å². The molecule has 0 amide bonds. The molecule has 1 saturated heterocycles. The Kier molecular flexibility index (Phi) is 3.32. The molecule has 0 radical (unpaired) electrons. The fourth-order valence-electron chi connectivity index (χ4n) is 4.74. The Morgan fingerprint density at radius 3 is 2.91 bits per heavy atom. The van der Waals surface area contributed by atoms with E-state index in [0.717, 1.165) is 29.8 Å². The molecule has 2 fully saturated rings. The SMILES string of the molecule is CN(Cc1nc(N)c2ccccc2n1)[C@@H]1[C@@H]2CCO[C@H]2C1(C)C. The van der Waals surface area contributed by atoms with Gasteiger partial charge in [0.15, 0.2) is 0 Å². The number of nitrogens with zero attached hydrogens (tertiary/aromatic N) is 3. The fourth-order valence-corrected chi connectivity index (χ4v) is 4.74. The van der Waals surface area contributed by atoms with Gasteiger partial charge < -0.3 is 10.5 Å². The molecule has 1 aromatic heterocycles. The van der Waals surface area contributed by atoms with Crippen LogP contribution in [0.25, 0.3) is 10.9 Å². The number of benzene rings is 1. The van der Waals surface area contributed by atoms with E-state index in [1.54, 1.807) is 0 Å². The van der Waals surface area contributed by atoms with E-state index in [1.807, 2.05) is 24.3 Å². The van der Waals surface area contributed by atoms with Gasteiger partial charge in [-0.2, -0.15) is 0 Å². The molecule has 0 spiro atoms. The Labute approximate surface area is 136 Å². The molecule has 1 aromatic carbocycles. The van der Waals surface area contributed by atoms with Crippen LogP contribution in [0.15, 0.2) is 24.3 Å². The van der Waals surface area contributed by atoms with Crippen molar-refractivity contribution in [2.75, 3.05) is 19.4 Å². The highest BCUT2D eigenvalue weighted by Gasteiger charge is 2.60. The van der Waals surface area contributed by atoms with E-state index in [0.29, 0.717) is 30.4 Å². The smallest absolute Gasteiger partial charge is 0.145 e. The van der Waals surface area contributed by atoms with Crippen molar-refractivity contribution in [3.63, 3.8) is 0 Å². The van der Waals surface area contributed by atoms with E-state index in [1.165, 1.54) is 0 Å². The van der Waals surface area contributed by atoms with Gasteiger partial charge in [0, 0.05) is 29.4 Å². The third-order valence-electron chi connectivity index (χ3n) is 5.58. The second kappa shape index (κ2) is 5.14. The van der Waals surface area contributed by atoms with E-state index >= 15 is 0 Å². The number of rotatable bonds is 3. The molecule has 2 heterocycles. The topological polar surface area (TPSA) is 64.3 Å². The number of nitrogen functional groups attached to an aromatic ring is 1. The zero-order valence-corrected chi connectivity index (χ0v) is 14.0. The zero-order valence-electron chi connectivity index (χ0n) is 14.0. The third-order valence-corrected chi connectivity index (χ3v) is 5.58. The number of ether oxygens (including phenoxy) is 1. The first-order chi connectivity index (χ1) is 11.0. The van der Waals surface area contributed by atoms with Crippen LogP contribution in [0.3, 0.4) is 0 Å². The molecule has 5 heteroatoms. The largest absolute Gasteiger partial charge is 0.383 e. The molecule has 0 unspecified atom stereocenters. The van der Waals surface area contributed by atoms with Gasteiger partial charge in [0.05, 0.1) is 18.2 Å². The summed E-state index contributed by atoms with van der Waals surface area (Å²) < 4.78 is 5.90. The van der Waals surface area contributed by atoms with E-state index < -0.39 is 0 Å². The highest BCUT2D eigenvalue weighted by atomic mass is 16.5. The molecule has 1 aliphatic heterocycles. The number of aromatic nitrogens is 2. The maximum atomic E-state index is 6.10. The van der Waals surface area contributed by atoms with E-state index in [9.17, 15) is 0 Å². The summed E-state index contributed by atoms with van der Waals surface area (Å²) in [5, 5.41) is 0.923. The van der Waals surface area contributed by atoms with Gasteiger partial charge in [-0.3, -0.25) is 4.90 Å². The van der Waals surface area contributed by atoms with Gasteiger partial charge >= 0.3 is 0 Å². The van der Waals surface area contributed by atoms with Gasteiger partial charge in [0.2, 0.25) is 0 Å². The van der Waals surface area contributed by atoms with Crippen LogP contribution in [-0.2, 0) is 11.3 Å². The summed E-state index contributed by atoms with van der Waals surface area (Å²) in [4.78, 5) is 11.6. The Balaban J connectivity index is 1.58. The van der Waals surface area contributed by atoms with Crippen molar-refractivity contribution in [1.82, 2.24) is 14.9 Å². The lowest BCUT2D eigenvalue weighted by atomic mass is 9.57. The molecule has 3 atom stereocenters. The summed E-state index contributed by atoms with van der Waals surface area (Å²) in [5.74, 6) is 1.99. The predicted octanol–water partition coefficient (Wildman–Crippen LogP) is 2.46. The minimum Gasteiger partial charge on any atom is -0.383 e. The molecule has 23 heavy (non-hydrogen) atoms. The van der Waals surface area contributed by atoms with E-state index in [-0.39, 0.29) is 5.41 Å². The van der Waals surface area contributed by atoms with Gasteiger partial charge in [-0.1, -0.05) is 26.0 Å². The Morgan fingerprint density at radius 2 is 2.09 bits per heavy atom. The molecular weight excluding hydrogens is 288 g/mol. The first-order valence-corrected chi connectivity index (χ1v) is 8.31. The maximum Gasteiger partial charge on any atom is 0.145 e. The fraction of sp³-hybridized carbons (Fsp3) is 0.556. The summed E-state index contributed by atoms with van der Waals surface area (Å²) >= 11 is 0. The Hall–Kier alpha value is -1.72. The Bertz CT molecular complexity index is 745. The number of anilines is 1. The van der Waals surface area contributed by atoms with Gasteiger partial charge in [-0.25, -0.2) is 9.97 Å². The minimum absolute atomic E-state index is 0.179. The maximum absolute atomic E-state index is 6.10. The normalized spacial score (nSPS) is 28.8. The number of nitrogens with two attached hydrogens (primary N) is 1. The van der Waals surface area contributed by atoms with E-state index in [2.05, 4.69) is 35.8 Å². The number of para-hydroxylation sites is 1. The van der Waals surface area contributed by atoms with Crippen LogP contribution in [-0.4, -0.2) is 40.7 Å². The molecule has 1 aliphatic carbocycles. The number of hydrogen-bond donors (Lipinski definition) is 1. The molecule has 1 saturated carbocycles. The first kappa shape index (κ1) is 14.8. The zero-order chi connectivity index (χ0) is 16.2. The lowest BCUT2D eigenvalue weighted by Crippen LogP contribution is -2.65. The van der Waals surface area contributed by atoms with Crippen LogP contribution >= 0.6 is 0 Å². The van der Waals surface area contributed by atoms with Crippen molar-refractivity contribution in [2.24, 2.45) is 11.3 Å². The van der Waals surface area contributed by atoms with Crippen molar-refractivity contribution >= 4 is 16.7 Å². The minimum atomic E-state index is 0.179. The highest BCUT2D eigenvalue weighted by Crippen LogP contribution is 2.54. The van der Waals surface area contributed by atoms with Crippen molar-refractivity contribution in [3.05, 3.63) is 30.1 Å². The Morgan fingerprint density at radius 1 is 1.30 bits per heavy atom. The second-order valence-electron chi connectivity index (χ2n) is 7.47. The summed E-state index contributed by atoms with van der Waals surface area (Å²) in [7, 11) is 2.16. The molecule has 0 bridgehead atoms. The highest BCUT2D eigenvalue weighted by molar-refractivity contribution is 5.87. The summed E-state index contributed by atoms with van der Waals surface area (Å²) in [5.41, 5.74) is 7.20. The van der Waals surface area contributed by atoms with Crippen LogP contribution in [0.5, 0.6) is 0 Å². The summed E-state index contributed by atoms with van der Waals surface area (Å²) in [6.45, 7) is 6.21. The molecule has 2 aromatic rings. The molecule has 5 nitrogen and oxygen atoms in total. The number of fused-ring (bicyclic) bond motifs is 2. The molecule has 2 aliphatic rings. The summed E-state index contributed by atoms with van der Waals surface area (Å²) in [6, 6.07) is 8.41. The lowest BCUT2D eigenvalue weighted by molar-refractivity contribution is -0.151. The van der Waals surface area contributed by atoms with Crippen molar-refractivity contribution in [2.45, 2.75) is 39.0 Å². The first-order valence-electron chi connectivity index (χ1n) is 8.31. The quantitative estimate of drug-likeness (QED) is 0.943. The lowest BCUT2D eigenvalue weighted by Gasteiger charge is -2.57. The van der Waals surface area contributed by atoms with Gasteiger partial charge in [0.25, 0.3) is 0 Å². The standard InChI is InChI=1S/C18H24N4O/c1-18(2)15(12-8-9-23-16(12)18)22(3)10-14-20-13-7-5-4-6-11(13)17(19)21-14/h4-7,12,15-16H,8-10H2,1-3H3,(H2,19,20,21)/t12-,15+,16+/m0/s1. The average molecular weight is 312 g/mol. The number of hydrogen-bond acceptors (Lipinski definition) is 5. The molecule has 2 N–H and O–H groups in total. The van der Waals surface area contributed by atoms with Crippen LogP contribution in [0, 0.1) is 11.3 Å².